The lowest BCUT2D eigenvalue weighted by Crippen LogP contribution is -2.34. The van der Waals surface area contributed by atoms with Crippen LogP contribution in [0.3, 0.4) is 0 Å². The van der Waals surface area contributed by atoms with E-state index >= 15 is 0 Å². The van der Waals surface area contributed by atoms with E-state index in [1.54, 1.807) is 6.07 Å². The molecule has 4 rings (SSSR count). The summed E-state index contributed by atoms with van der Waals surface area (Å²) in [6.45, 7) is 1.25. The van der Waals surface area contributed by atoms with Crippen molar-refractivity contribution in [3.05, 3.63) is 59.8 Å². The number of carboxylic acid groups (broad SMARTS) is 1. The van der Waals surface area contributed by atoms with E-state index in [9.17, 15) is 39.9 Å². The van der Waals surface area contributed by atoms with Crippen molar-refractivity contribution in [2.75, 3.05) is 6.54 Å². The molecule has 1 N–H and O–H groups in total. The zero-order valence-electron chi connectivity index (χ0n) is 17.4. The van der Waals surface area contributed by atoms with Gasteiger partial charge in [-0.25, -0.2) is 17.2 Å². The Morgan fingerprint density at radius 1 is 1.09 bits per heavy atom. The summed E-state index contributed by atoms with van der Waals surface area (Å²) in [4.78, 5) is 12.6. The molecule has 0 aliphatic carbocycles. The SMILES string of the molecule is CC1c2c(OS(=O)(=O)C(F)(F)F)ccc3c2c(cn3S(=O)(=O)c2ccccc2)CCN1C(=O)O. The van der Waals surface area contributed by atoms with Gasteiger partial charge in [-0.15, -0.1) is 0 Å². The summed E-state index contributed by atoms with van der Waals surface area (Å²) in [5.41, 5.74) is -5.54. The minimum atomic E-state index is -6.07. The second kappa shape index (κ2) is 7.91. The first kappa shape index (κ1) is 23.9. The van der Waals surface area contributed by atoms with Crippen LogP contribution in [0.25, 0.3) is 10.9 Å². The highest BCUT2D eigenvalue weighted by Crippen LogP contribution is 2.43. The fourth-order valence-electron chi connectivity index (χ4n) is 3.98. The topological polar surface area (TPSA) is 123 Å². The number of carbonyl (C=O) groups is 1. The summed E-state index contributed by atoms with van der Waals surface area (Å²) in [7, 11) is -10.2. The van der Waals surface area contributed by atoms with Gasteiger partial charge in [-0.05, 0) is 43.2 Å². The quantitative estimate of drug-likeness (QED) is 0.413. The predicted octanol–water partition coefficient (Wildman–Crippen LogP) is 3.70. The van der Waals surface area contributed by atoms with Crippen LogP contribution in [0.1, 0.15) is 24.1 Å². The first-order chi connectivity index (χ1) is 15.8. The van der Waals surface area contributed by atoms with Crippen LogP contribution in [0.5, 0.6) is 5.75 Å². The molecule has 0 spiro atoms. The number of nitrogens with zero attached hydrogens (tertiary/aromatic N) is 2. The first-order valence-electron chi connectivity index (χ1n) is 9.73. The normalized spacial score (nSPS) is 16.9. The molecule has 1 aromatic heterocycles. The number of amides is 1. The third-order valence-corrected chi connectivity index (χ3v) is 8.20. The molecular weight excluding hydrogens is 501 g/mol. The number of hydrogen-bond donors (Lipinski definition) is 1. The number of halogens is 3. The van der Waals surface area contributed by atoms with Gasteiger partial charge in [0.2, 0.25) is 0 Å². The van der Waals surface area contributed by atoms with Gasteiger partial charge in [-0.3, -0.25) is 0 Å². The van der Waals surface area contributed by atoms with Crippen molar-refractivity contribution < 1.29 is 44.1 Å². The molecule has 34 heavy (non-hydrogen) atoms. The van der Waals surface area contributed by atoms with E-state index in [4.69, 9.17) is 0 Å². The molecular formula is C20H17F3N2O7S2. The average Bonchev–Trinajstić information content (AvgIpc) is 3.05. The highest BCUT2D eigenvalue weighted by Gasteiger charge is 2.49. The smallest absolute Gasteiger partial charge is 0.465 e. The van der Waals surface area contributed by atoms with Gasteiger partial charge < -0.3 is 14.2 Å². The number of aromatic nitrogens is 1. The minimum Gasteiger partial charge on any atom is -0.465 e. The van der Waals surface area contributed by atoms with Crippen LogP contribution in [-0.4, -0.2) is 49.0 Å². The van der Waals surface area contributed by atoms with Crippen LogP contribution in [0.4, 0.5) is 18.0 Å². The largest absolute Gasteiger partial charge is 0.534 e. The molecule has 14 heteroatoms. The fraction of sp³-hybridized carbons (Fsp3) is 0.250. The predicted molar refractivity (Wildman–Crippen MR) is 113 cm³/mol. The molecule has 0 bridgehead atoms. The second-order valence-electron chi connectivity index (χ2n) is 7.52. The lowest BCUT2D eigenvalue weighted by molar-refractivity contribution is -0.0500. The highest BCUT2D eigenvalue weighted by molar-refractivity contribution is 7.90. The van der Waals surface area contributed by atoms with Gasteiger partial charge >= 0.3 is 21.7 Å². The van der Waals surface area contributed by atoms with Crippen LogP contribution >= 0.6 is 0 Å². The van der Waals surface area contributed by atoms with Gasteiger partial charge in [-0.1, -0.05) is 18.2 Å². The van der Waals surface area contributed by atoms with E-state index in [1.807, 2.05) is 0 Å². The Bertz CT molecular complexity index is 1500. The van der Waals surface area contributed by atoms with Gasteiger partial charge in [0.25, 0.3) is 10.0 Å². The second-order valence-corrected chi connectivity index (χ2v) is 10.9. The number of benzene rings is 2. The van der Waals surface area contributed by atoms with Crippen LogP contribution < -0.4 is 4.18 Å². The Labute approximate surface area is 192 Å². The molecule has 1 atom stereocenters. The van der Waals surface area contributed by atoms with Crippen molar-refractivity contribution in [1.29, 1.82) is 0 Å². The number of hydrogen-bond acceptors (Lipinski definition) is 6. The summed E-state index contributed by atoms with van der Waals surface area (Å²) in [5.74, 6) is -0.735. The first-order valence-corrected chi connectivity index (χ1v) is 12.6. The third kappa shape index (κ3) is 3.76. The van der Waals surface area contributed by atoms with E-state index in [0.717, 1.165) is 21.0 Å². The monoisotopic (exact) mass is 518 g/mol. The Kier molecular flexibility index (Phi) is 5.55. The molecule has 0 saturated carbocycles. The Hall–Kier alpha value is -3.26. The Morgan fingerprint density at radius 2 is 1.74 bits per heavy atom. The third-order valence-electron chi connectivity index (χ3n) is 5.55. The van der Waals surface area contributed by atoms with Crippen molar-refractivity contribution in [1.82, 2.24) is 8.87 Å². The maximum atomic E-state index is 13.3. The summed E-state index contributed by atoms with van der Waals surface area (Å²) in [5, 5.41) is 9.69. The maximum Gasteiger partial charge on any atom is 0.534 e. The molecule has 1 unspecified atom stereocenters. The molecule has 0 fully saturated rings. The lowest BCUT2D eigenvalue weighted by Gasteiger charge is -2.26. The lowest BCUT2D eigenvalue weighted by atomic mass is 10.00. The molecule has 9 nitrogen and oxygen atoms in total. The zero-order valence-corrected chi connectivity index (χ0v) is 19.0. The molecule has 2 heterocycles. The number of rotatable bonds is 4. The minimum absolute atomic E-state index is 0.0346. The van der Waals surface area contributed by atoms with Crippen molar-refractivity contribution in [2.24, 2.45) is 0 Å². The van der Waals surface area contributed by atoms with E-state index in [1.165, 1.54) is 37.4 Å². The summed E-state index contributed by atoms with van der Waals surface area (Å²) < 4.78 is 94.3. The zero-order chi connectivity index (χ0) is 25.1. The standard InChI is InChI=1S/C20H17F3N2O7S2/c1-12-17-16(32-34(30,31)20(21,22)23)8-7-15-18(17)13(9-10-24(12)19(26)27)11-25(15)33(28,29)14-5-3-2-4-6-14/h2-8,11-12H,9-10H2,1H3,(H,26,27). The summed E-state index contributed by atoms with van der Waals surface area (Å²) >= 11 is 0. The van der Waals surface area contributed by atoms with Crippen LogP contribution in [0, 0.1) is 0 Å². The van der Waals surface area contributed by atoms with Crippen molar-refractivity contribution in [3.8, 4) is 5.75 Å². The van der Waals surface area contributed by atoms with E-state index in [0.29, 0.717) is 5.56 Å². The summed E-state index contributed by atoms with van der Waals surface area (Å²) in [6, 6.07) is 8.30. The van der Waals surface area contributed by atoms with Gasteiger partial charge in [0.05, 0.1) is 16.5 Å². The summed E-state index contributed by atoms with van der Waals surface area (Å²) in [6.07, 6.45) is -0.0900. The molecule has 0 saturated heterocycles. The molecule has 3 aromatic rings. The molecule has 1 amide bonds. The van der Waals surface area contributed by atoms with Crippen molar-refractivity contribution in [3.63, 3.8) is 0 Å². The fourth-order valence-corrected chi connectivity index (χ4v) is 5.87. The van der Waals surface area contributed by atoms with Gasteiger partial charge in [0, 0.05) is 23.7 Å². The van der Waals surface area contributed by atoms with Crippen molar-refractivity contribution in [2.45, 2.75) is 29.8 Å². The van der Waals surface area contributed by atoms with Crippen LogP contribution in [0.2, 0.25) is 0 Å². The van der Waals surface area contributed by atoms with Crippen LogP contribution in [0.15, 0.2) is 53.6 Å². The van der Waals surface area contributed by atoms with Gasteiger partial charge in [-0.2, -0.15) is 21.6 Å². The maximum absolute atomic E-state index is 13.3. The molecule has 0 radical (unpaired) electrons. The molecule has 182 valence electrons. The Balaban J connectivity index is 2.01. The highest BCUT2D eigenvalue weighted by atomic mass is 32.2. The van der Waals surface area contributed by atoms with Crippen molar-refractivity contribution >= 4 is 37.1 Å². The van der Waals surface area contributed by atoms with E-state index < -0.39 is 43.5 Å². The molecule has 1 aliphatic rings. The Morgan fingerprint density at radius 3 is 2.32 bits per heavy atom. The average molecular weight is 518 g/mol. The van der Waals surface area contributed by atoms with E-state index in [-0.39, 0.29) is 34.3 Å². The number of alkyl halides is 3. The van der Waals surface area contributed by atoms with Crippen LogP contribution in [-0.2, 0) is 26.6 Å². The van der Waals surface area contributed by atoms with Gasteiger partial charge in [0.1, 0.15) is 5.75 Å². The van der Waals surface area contributed by atoms with E-state index in [2.05, 4.69) is 4.18 Å². The molecule has 1 aliphatic heterocycles. The van der Waals surface area contributed by atoms with Gasteiger partial charge in [0.15, 0.2) is 0 Å². The molecule has 2 aromatic carbocycles.